The van der Waals surface area contributed by atoms with Crippen LogP contribution in [0.25, 0.3) is 11.0 Å². The monoisotopic (exact) mass is 408 g/mol. The van der Waals surface area contributed by atoms with Crippen LogP contribution in [0.15, 0.2) is 41.6 Å². The van der Waals surface area contributed by atoms with Crippen molar-refractivity contribution in [1.82, 2.24) is 19.3 Å². The van der Waals surface area contributed by atoms with Crippen molar-refractivity contribution in [2.45, 2.75) is 19.1 Å². The second-order valence-electron chi connectivity index (χ2n) is 6.16. The number of nitrogens with zero attached hydrogens (tertiary/aromatic N) is 4. The Kier molecular flexibility index (Phi) is 5.48. The first-order chi connectivity index (χ1) is 13.7. The second kappa shape index (κ2) is 7.86. The Balaban J connectivity index is 1.57. The number of benzene rings is 1. The van der Waals surface area contributed by atoms with E-state index < -0.39 is 30.1 Å². The van der Waals surface area contributed by atoms with Crippen LogP contribution in [0.1, 0.15) is 22.3 Å². The van der Waals surface area contributed by atoms with Crippen molar-refractivity contribution in [1.29, 1.82) is 0 Å². The van der Waals surface area contributed by atoms with Crippen LogP contribution in [0.3, 0.4) is 0 Å². The van der Waals surface area contributed by atoms with E-state index in [1.807, 2.05) is 0 Å². The maximum absolute atomic E-state index is 12.7. The van der Waals surface area contributed by atoms with Crippen LogP contribution < -0.4 is 5.56 Å². The first-order valence-electron chi connectivity index (χ1n) is 8.40. The lowest BCUT2D eigenvalue weighted by molar-refractivity contribution is -0.143. The van der Waals surface area contributed by atoms with E-state index in [-0.39, 0.29) is 24.1 Å². The van der Waals surface area contributed by atoms with Crippen molar-refractivity contribution >= 4 is 22.8 Å². The molecule has 0 radical (unpaired) electrons. The minimum absolute atomic E-state index is 0.0345. The number of carbonyl (C=O) groups excluding carboxylic acids is 2. The number of ether oxygens (including phenoxy) is 1. The number of esters is 1. The average molecular weight is 408 g/mol. The maximum Gasteiger partial charge on any atom is 0.416 e. The average Bonchev–Trinajstić information content (AvgIpc) is 3.06. The Morgan fingerprint density at radius 3 is 2.72 bits per heavy atom. The number of halogens is 3. The van der Waals surface area contributed by atoms with Gasteiger partial charge in [-0.2, -0.15) is 18.3 Å². The number of ketones is 1. The van der Waals surface area contributed by atoms with Crippen molar-refractivity contribution in [3.63, 3.8) is 0 Å². The molecule has 0 spiro atoms. The Morgan fingerprint density at radius 1 is 1.24 bits per heavy atom. The molecular formula is C18H15F3N4O4. The molecule has 0 saturated heterocycles. The lowest BCUT2D eigenvalue weighted by Crippen LogP contribution is -2.23. The summed E-state index contributed by atoms with van der Waals surface area (Å²) in [5.74, 6) is -1.54. The summed E-state index contributed by atoms with van der Waals surface area (Å²) >= 11 is 0. The van der Waals surface area contributed by atoms with Gasteiger partial charge in [-0.1, -0.05) is 12.1 Å². The van der Waals surface area contributed by atoms with Gasteiger partial charge >= 0.3 is 12.1 Å². The molecule has 1 aromatic carbocycles. The Hall–Kier alpha value is -3.50. The molecule has 0 aliphatic carbocycles. The zero-order chi connectivity index (χ0) is 21.2. The number of fused-ring (bicyclic) bond motifs is 1. The van der Waals surface area contributed by atoms with E-state index in [0.717, 1.165) is 12.1 Å². The number of hydrogen-bond acceptors (Lipinski definition) is 6. The summed E-state index contributed by atoms with van der Waals surface area (Å²) in [6, 6.07) is 3.85. The summed E-state index contributed by atoms with van der Waals surface area (Å²) < 4.78 is 45.6. The van der Waals surface area contributed by atoms with Gasteiger partial charge in [0.2, 0.25) is 0 Å². The SMILES string of the molecule is Cn1ncc2c(=O)n(CCC(=O)OCC(=O)c3cccc(C(F)(F)F)c3)cnc21. The van der Waals surface area contributed by atoms with Gasteiger partial charge < -0.3 is 4.74 Å². The van der Waals surface area contributed by atoms with Gasteiger partial charge in [-0.25, -0.2) is 4.98 Å². The lowest BCUT2D eigenvalue weighted by atomic mass is 10.1. The normalized spacial score (nSPS) is 11.6. The zero-order valence-electron chi connectivity index (χ0n) is 15.1. The van der Waals surface area contributed by atoms with E-state index in [0.29, 0.717) is 17.1 Å². The first-order valence-corrected chi connectivity index (χ1v) is 8.40. The Morgan fingerprint density at radius 2 is 2.00 bits per heavy atom. The molecular weight excluding hydrogens is 393 g/mol. The van der Waals surface area contributed by atoms with Crippen LogP contribution in [-0.4, -0.2) is 37.7 Å². The summed E-state index contributed by atoms with van der Waals surface area (Å²) in [4.78, 5) is 40.2. The summed E-state index contributed by atoms with van der Waals surface area (Å²) in [5, 5.41) is 4.23. The molecule has 3 rings (SSSR count). The number of hydrogen-bond donors (Lipinski definition) is 0. The highest BCUT2D eigenvalue weighted by Gasteiger charge is 2.30. The summed E-state index contributed by atoms with van der Waals surface area (Å²) in [6.07, 6.45) is -2.16. The van der Waals surface area contributed by atoms with Crippen molar-refractivity contribution in [2.75, 3.05) is 6.61 Å². The van der Waals surface area contributed by atoms with Crippen LogP contribution in [-0.2, 0) is 29.3 Å². The number of alkyl halides is 3. The van der Waals surface area contributed by atoms with Crippen LogP contribution in [0.2, 0.25) is 0 Å². The van der Waals surface area contributed by atoms with Crippen LogP contribution >= 0.6 is 0 Å². The van der Waals surface area contributed by atoms with Crippen molar-refractivity contribution in [3.05, 3.63) is 58.3 Å². The Bertz CT molecular complexity index is 1130. The highest BCUT2D eigenvalue weighted by atomic mass is 19.4. The molecule has 29 heavy (non-hydrogen) atoms. The van der Waals surface area contributed by atoms with E-state index in [2.05, 4.69) is 10.1 Å². The predicted octanol–water partition coefficient (Wildman–Crippen LogP) is 1.96. The third kappa shape index (κ3) is 4.50. The van der Waals surface area contributed by atoms with E-state index >= 15 is 0 Å². The number of Topliss-reactive ketones (excluding diaryl/α,β-unsaturated/α-hetero) is 1. The van der Waals surface area contributed by atoms with E-state index in [1.54, 1.807) is 7.05 Å². The molecule has 2 heterocycles. The number of carbonyl (C=O) groups is 2. The van der Waals surface area contributed by atoms with Crippen molar-refractivity contribution in [3.8, 4) is 0 Å². The second-order valence-corrected chi connectivity index (χ2v) is 6.16. The van der Waals surface area contributed by atoms with Gasteiger partial charge in [0, 0.05) is 19.2 Å². The van der Waals surface area contributed by atoms with E-state index in [4.69, 9.17) is 4.74 Å². The van der Waals surface area contributed by atoms with Gasteiger partial charge in [0.25, 0.3) is 5.56 Å². The molecule has 0 fully saturated rings. The minimum Gasteiger partial charge on any atom is -0.457 e. The van der Waals surface area contributed by atoms with Gasteiger partial charge in [0.05, 0.1) is 24.5 Å². The standard InChI is InChI=1S/C18H15F3N4O4/c1-24-16-13(8-23-24)17(28)25(10-22-16)6-5-15(27)29-9-14(26)11-3-2-4-12(7-11)18(19,20)21/h2-4,7-8,10H,5-6,9H2,1H3. The molecule has 0 amide bonds. The van der Waals surface area contributed by atoms with Gasteiger partial charge in [-0.05, 0) is 12.1 Å². The number of aryl methyl sites for hydroxylation is 2. The van der Waals surface area contributed by atoms with Gasteiger partial charge in [-0.3, -0.25) is 23.6 Å². The zero-order valence-corrected chi connectivity index (χ0v) is 15.1. The molecule has 0 aliphatic rings. The third-order valence-corrected chi connectivity index (χ3v) is 4.15. The third-order valence-electron chi connectivity index (χ3n) is 4.15. The summed E-state index contributed by atoms with van der Waals surface area (Å²) in [7, 11) is 1.64. The quantitative estimate of drug-likeness (QED) is 0.457. The molecule has 0 atom stereocenters. The van der Waals surface area contributed by atoms with Crippen LogP contribution in [0.4, 0.5) is 13.2 Å². The number of rotatable bonds is 6. The van der Waals surface area contributed by atoms with Crippen molar-refractivity contribution < 1.29 is 27.5 Å². The van der Waals surface area contributed by atoms with Crippen LogP contribution in [0, 0.1) is 0 Å². The molecule has 0 aliphatic heterocycles. The lowest BCUT2D eigenvalue weighted by Gasteiger charge is -2.09. The molecule has 0 unspecified atom stereocenters. The fourth-order valence-electron chi connectivity index (χ4n) is 2.61. The molecule has 152 valence electrons. The van der Waals surface area contributed by atoms with Crippen LogP contribution in [0.5, 0.6) is 0 Å². The molecule has 0 bridgehead atoms. The topological polar surface area (TPSA) is 96.1 Å². The largest absolute Gasteiger partial charge is 0.457 e. The van der Waals surface area contributed by atoms with Crippen molar-refractivity contribution in [2.24, 2.45) is 7.05 Å². The van der Waals surface area contributed by atoms with Gasteiger partial charge in [-0.15, -0.1) is 0 Å². The Labute approximate surface area is 161 Å². The molecule has 11 heteroatoms. The van der Waals surface area contributed by atoms with Gasteiger partial charge in [0.1, 0.15) is 5.39 Å². The van der Waals surface area contributed by atoms with E-state index in [9.17, 15) is 27.6 Å². The highest BCUT2D eigenvalue weighted by Crippen LogP contribution is 2.29. The molecule has 0 saturated carbocycles. The summed E-state index contributed by atoms with van der Waals surface area (Å²) in [5.41, 5.74) is -1.15. The molecule has 0 N–H and O–H groups in total. The fraction of sp³-hybridized carbons (Fsp3) is 0.278. The summed E-state index contributed by atoms with van der Waals surface area (Å²) in [6.45, 7) is -0.734. The fourth-order valence-corrected chi connectivity index (χ4v) is 2.61. The molecule has 2 aromatic heterocycles. The number of aromatic nitrogens is 4. The molecule has 8 nitrogen and oxygen atoms in total. The predicted molar refractivity (Wildman–Crippen MR) is 94.1 cm³/mol. The maximum atomic E-state index is 12.7. The molecule has 3 aromatic rings. The minimum atomic E-state index is -4.58. The van der Waals surface area contributed by atoms with E-state index in [1.165, 1.54) is 27.8 Å². The first kappa shape index (κ1) is 20.2. The highest BCUT2D eigenvalue weighted by molar-refractivity contribution is 5.98. The smallest absolute Gasteiger partial charge is 0.416 e. The van der Waals surface area contributed by atoms with Gasteiger partial charge in [0.15, 0.2) is 18.0 Å².